The van der Waals surface area contributed by atoms with Crippen LogP contribution in [0.3, 0.4) is 0 Å². The van der Waals surface area contributed by atoms with Crippen LogP contribution < -0.4 is 5.32 Å². The second kappa shape index (κ2) is 31.1. The van der Waals surface area contributed by atoms with Gasteiger partial charge in [0.05, 0.1) is 68.1 Å². The molecule has 15 heteroatoms. The zero-order chi connectivity index (χ0) is 56.4. The molecule has 5 aliphatic heterocycles. The minimum atomic E-state index is -2.26. The highest BCUT2D eigenvalue weighted by atomic mass is 31.2. The topological polar surface area (TPSA) is 170 Å². The van der Waals surface area contributed by atoms with Gasteiger partial charge in [0.1, 0.15) is 25.5 Å². The number of carbonyl (C=O) groups excluding carboxylic acids is 2. The molecule has 0 amide bonds. The van der Waals surface area contributed by atoms with Gasteiger partial charge in [0, 0.05) is 65.8 Å². The molecule has 0 radical (unpaired) electrons. The molecule has 3 N–H and O–H groups in total. The summed E-state index contributed by atoms with van der Waals surface area (Å²) < 4.78 is 30.2. The Morgan fingerprint density at radius 3 is 2.03 bits per heavy atom. The quantitative estimate of drug-likeness (QED) is 0.0240. The maximum atomic E-state index is 14.1. The molecule has 1 aliphatic carbocycles. The van der Waals surface area contributed by atoms with Gasteiger partial charge in [-0.05, 0) is 93.9 Å². The number of rotatable bonds is 35. The Labute approximate surface area is 469 Å². The molecular weight excluding hydrogens is 1000 g/mol. The van der Waals surface area contributed by atoms with Crippen LogP contribution in [0.25, 0.3) is 0 Å². The first-order chi connectivity index (χ1) is 37.4. The lowest BCUT2D eigenvalue weighted by Crippen LogP contribution is -2.37. The molecule has 5 unspecified atom stereocenters. The number of aliphatic hydroxyl groups excluding tert-OH is 1. The molecule has 78 heavy (non-hydrogen) atoms. The van der Waals surface area contributed by atoms with Crippen LogP contribution in [-0.4, -0.2) is 110 Å². The number of esters is 2. The first-order valence-corrected chi connectivity index (χ1v) is 31.1. The van der Waals surface area contributed by atoms with Crippen molar-refractivity contribution in [1.82, 2.24) is 5.32 Å². The summed E-state index contributed by atoms with van der Waals surface area (Å²) in [5.74, 6) is -0.854. The molecule has 0 aromatic rings. The van der Waals surface area contributed by atoms with Crippen LogP contribution >= 0.6 is 8.60 Å². The molecule has 5 heterocycles. The highest BCUT2D eigenvalue weighted by Crippen LogP contribution is 2.47. The number of carbonyl (C=O) groups is 2. The van der Waals surface area contributed by atoms with E-state index in [1.54, 1.807) is 0 Å². The summed E-state index contributed by atoms with van der Waals surface area (Å²) in [4.78, 5) is 53.5. The number of hydrogen-bond donors (Lipinski definition) is 3. The van der Waals surface area contributed by atoms with Gasteiger partial charge in [-0.15, -0.1) is 0 Å². The number of fused-ring (bicyclic) bond motifs is 5. The number of allylic oxidation sites excluding steroid dienone is 11. The van der Waals surface area contributed by atoms with E-state index < -0.39 is 20.7 Å². The number of ether oxygens (including phenoxy) is 3. The third-order valence-electron chi connectivity index (χ3n) is 16.1. The summed E-state index contributed by atoms with van der Waals surface area (Å²) in [6, 6.07) is 0. The van der Waals surface area contributed by atoms with E-state index in [1.807, 2.05) is 28.1 Å². The Kier molecular flexibility index (Phi) is 25.0. The molecule has 6 aliphatic rings. The number of aliphatic hydroxyl groups is 1. The zero-order valence-electron chi connectivity index (χ0n) is 49.6. The molecule has 1 fully saturated rings. The number of hydrogen-bond acceptors (Lipinski definition) is 13. The molecule has 6 rings (SSSR count). The third-order valence-corrected chi connectivity index (χ3v) is 16.9. The summed E-state index contributed by atoms with van der Waals surface area (Å²) in [7, 11) is 3.84. The highest BCUT2D eigenvalue weighted by molar-refractivity contribution is 7.40. The lowest BCUT2D eigenvalue weighted by molar-refractivity contribution is -0.870. The van der Waals surface area contributed by atoms with Crippen molar-refractivity contribution in [3.63, 3.8) is 0 Å². The van der Waals surface area contributed by atoms with Crippen molar-refractivity contribution in [2.24, 2.45) is 26.8 Å². The molecule has 0 aromatic heterocycles. The molecule has 14 nitrogen and oxygen atoms in total. The van der Waals surface area contributed by atoms with E-state index >= 15 is 0 Å². The van der Waals surface area contributed by atoms with Crippen molar-refractivity contribution < 1.29 is 47.3 Å². The van der Waals surface area contributed by atoms with Crippen molar-refractivity contribution in [3.8, 4) is 0 Å². The summed E-state index contributed by atoms with van der Waals surface area (Å²) in [5.41, 5.74) is 13.6. The van der Waals surface area contributed by atoms with E-state index in [1.165, 1.54) is 70.6 Å². The van der Waals surface area contributed by atoms with Crippen LogP contribution in [0.4, 0.5) is 0 Å². The number of unbranched alkanes of at least 4 members (excludes halogenated alkanes) is 15. The van der Waals surface area contributed by atoms with E-state index in [-0.39, 0.29) is 62.3 Å². The molecule has 5 atom stereocenters. The smallest absolute Gasteiger partial charge is 0.330 e. The van der Waals surface area contributed by atoms with E-state index in [0.717, 1.165) is 130 Å². The largest absolute Gasteiger partial charge is 0.511 e. The minimum Gasteiger partial charge on any atom is -0.511 e. The Bertz CT molecular complexity index is 2480. The minimum absolute atomic E-state index is 0.0427. The molecular formula is C63H97N5O9P+. The molecule has 1 saturated heterocycles. The number of likely N-dealkylation sites (N-methyl/N-ethyl adjacent to an activating group) is 1. The molecule has 0 spiro atoms. The van der Waals surface area contributed by atoms with Gasteiger partial charge in [-0.2, -0.15) is 0 Å². The fourth-order valence-electron chi connectivity index (χ4n) is 11.3. The van der Waals surface area contributed by atoms with Crippen molar-refractivity contribution in [1.29, 1.82) is 0 Å². The summed E-state index contributed by atoms with van der Waals surface area (Å²) in [5, 5.41) is 15.5. The first-order valence-electron chi connectivity index (χ1n) is 29.9. The Morgan fingerprint density at radius 2 is 1.37 bits per heavy atom. The van der Waals surface area contributed by atoms with E-state index in [9.17, 15) is 19.6 Å². The first kappa shape index (κ1) is 62.9. The highest BCUT2D eigenvalue weighted by Gasteiger charge is 2.42. The number of aliphatic imine (C=N–C) groups is 3. The van der Waals surface area contributed by atoms with Crippen molar-refractivity contribution in [3.05, 3.63) is 91.5 Å². The van der Waals surface area contributed by atoms with Gasteiger partial charge in [-0.3, -0.25) is 9.59 Å². The number of nitrogens with one attached hydrogen (secondary N) is 1. The second-order valence-corrected chi connectivity index (χ2v) is 24.3. The van der Waals surface area contributed by atoms with Crippen LogP contribution in [0.5, 0.6) is 0 Å². The van der Waals surface area contributed by atoms with Gasteiger partial charge >= 0.3 is 20.5 Å². The van der Waals surface area contributed by atoms with Gasteiger partial charge in [0.2, 0.25) is 0 Å². The van der Waals surface area contributed by atoms with Gasteiger partial charge < -0.3 is 43.1 Å². The normalized spacial score (nSPS) is 20.3. The SMILES string of the molecule is CCCCCCCCCCCCCCCC(=O)OCC(COP(O)OCC[N+](C)(C)C)OC(=O)CCC1C2=C3CC(O)=C4C3=NC(=C4C)C=C3N=C(C=C4N=C(C=C(N2)C1C)C(C)=C4C(C)OCCCCCC)C(C)=C3CC. The van der Waals surface area contributed by atoms with Crippen LogP contribution in [-0.2, 0) is 32.8 Å². The van der Waals surface area contributed by atoms with Crippen molar-refractivity contribution in [2.75, 3.05) is 54.1 Å². The van der Waals surface area contributed by atoms with Crippen LogP contribution in [0.1, 0.15) is 197 Å². The zero-order valence-corrected chi connectivity index (χ0v) is 50.5. The molecule has 0 saturated carbocycles. The Morgan fingerprint density at radius 1 is 0.744 bits per heavy atom. The summed E-state index contributed by atoms with van der Waals surface area (Å²) in [6.45, 7) is 18.4. The molecule has 0 aromatic carbocycles. The van der Waals surface area contributed by atoms with E-state index in [4.69, 9.17) is 38.2 Å². The van der Waals surface area contributed by atoms with E-state index in [2.05, 4.69) is 72.0 Å². The number of quaternary nitrogens is 1. The van der Waals surface area contributed by atoms with Crippen LogP contribution in [0.2, 0.25) is 0 Å². The van der Waals surface area contributed by atoms with Gasteiger partial charge in [0.25, 0.3) is 0 Å². The maximum absolute atomic E-state index is 14.1. The standard InChI is InChI=1S/C63H96N5O9P/c1-12-15-17-19-20-21-22-23-24-25-26-27-28-30-58(70)74-40-47(41-76-78(72)75-35-33-68(9,10)11)77-59(71)32-31-49-43(5)52-37-53-44(6)60(46(8)73-34-29-18-16-13-2)56(65-53)39-51-42(4)48(14-3)55(64-51)38-54-45(7)61-57(69)36-50(62(49)66-52)63(61)67-54/h37-39,43,46-47,49,72H,12-36,40-41H2,1-11H3,(H-,64,65,66,67,69)/p+1. The average Bonchev–Trinajstić information content (AvgIpc) is 4.21. The summed E-state index contributed by atoms with van der Waals surface area (Å²) in [6.07, 6.45) is 27.2. The van der Waals surface area contributed by atoms with Crippen molar-refractivity contribution in [2.45, 2.75) is 209 Å². The average molecular weight is 1100 g/mol. The Hall–Kier alpha value is -4.30. The Balaban J connectivity index is 1.18. The lowest BCUT2D eigenvalue weighted by atomic mass is 9.86. The van der Waals surface area contributed by atoms with Gasteiger partial charge in [-0.1, -0.05) is 124 Å². The van der Waals surface area contributed by atoms with Gasteiger partial charge in [0.15, 0.2) is 6.10 Å². The van der Waals surface area contributed by atoms with Gasteiger partial charge in [-0.25, -0.2) is 15.0 Å². The lowest BCUT2D eigenvalue weighted by Gasteiger charge is -2.24. The van der Waals surface area contributed by atoms with Crippen LogP contribution in [0, 0.1) is 11.8 Å². The van der Waals surface area contributed by atoms with Crippen molar-refractivity contribution >= 4 is 37.7 Å². The maximum Gasteiger partial charge on any atom is 0.330 e. The van der Waals surface area contributed by atoms with E-state index in [0.29, 0.717) is 30.5 Å². The fraction of sp³-hybridized carbons (Fsp3) is 0.667. The monoisotopic (exact) mass is 1100 g/mol. The number of nitrogens with zero attached hydrogens (tertiary/aromatic N) is 4. The predicted molar refractivity (Wildman–Crippen MR) is 316 cm³/mol. The van der Waals surface area contributed by atoms with Crippen LogP contribution in [0.15, 0.2) is 106 Å². The predicted octanol–water partition coefficient (Wildman–Crippen LogP) is 14.3. The third kappa shape index (κ3) is 17.8. The second-order valence-electron chi connectivity index (χ2n) is 23.3. The molecule has 8 bridgehead atoms. The summed E-state index contributed by atoms with van der Waals surface area (Å²) >= 11 is 0. The molecule has 432 valence electrons. The fourth-order valence-corrected chi connectivity index (χ4v) is 11.9.